The number of rotatable bonds is 8. The van der Waals surface area contributed by atoms with Gasteiger partial charge < -0.3 is 10.6 Å². The van der Waals surface area contributed by atoms with E-state index in [1.54, 1.807) is 7.05 Å². The van der Waals surface area contributed by atoms with Crippen LogP contribution in [0.15, 0.2) is 0 Å². The predicted molar refractivity (Wildman–Crippen MR) is 68.3 cm³/mol. The van der Waals surface area contributed by atoms with Crippen molar-refractivity contribution >= 4 is 17.7 Å². The molecule has 0 aliphatic heterocycles. The molecule has 2 N–H and O–H groups in total. The average Bonchev–Trinajstić information content (AvgIpc) is 2.16. The summed E-state index contributed by atoms with van der Waals surface area (Å²) in [6.45, 7) is 7.49. The number of carbonyl (C=O) groups excluding carboxylic acids is 1. The second-order valence-corrected chi connectivity index (χ2v) is 5.35. The molecule has 0 bridgehead atoms. The number of amides is 1. The number of carbonyl (C=O) groups is 1. The molecule has 0 rings (SSSR count). The van der Waals surface area contributed by atoms with Crippen LogP contribution in [0.25, 0.3) is 0 Å². The molecule has 4 heteroatoms. The van der Waals surface area contributed by atoms with Crippen LogP contribution >= 0.6 is 11.8 Å². The second-order valence-electron chi connectivity index (χ2n) is 4.20. The Labute approximate surface area is 97.8 Å². The standard InChI is InChI=1S/C11H24N2OS/c1-9(2)8-15-6-5-13-10(3)7-11(14)12-4/h9-10,13H,5-8H2,1-4H3,(H,12,14). The smallest absolute Gasteiger partial charge is 0.221 e. The van der Waals surface area contributed by atoms with Crippen LogP contribution in [-0.2, 0) is 4.79 Å². The number of hydrogen-bond acceptors (Lipinski definition) is 3. The quantitative estimate of drug-likeness (QED) is 0.623. The maximum Gasteiger partial charge on any atom is 0.221 e. The Bertz CT molecular complexity index is 174. The highest BCUT2D eigenvalue weighted by molar-refractivity contribution is 7.99. The number of hydrogen-bond donors (Lipinski definition) is 2. The van der Waals surface area contributed by atoms with Crippen molar-refractivity contribution in [1.82, 2.24) is 10.6 Å². The highest BCUT2D eigenvalue weighted by Crippen LogP contribution is 2.06. The molecule has 1 unspecified atom stereocenters. The topological polar surface area (TPSA) is 41.1 Å². The predicted octanol–water partition coefficient (Wildman–Crippen LogP) is 1.49. The summed E-state index contributed by atoms with van der Waals surface area (Å²) in [5, 5.41) is 5.97. The van der Waals surface area contributed by atoms with Crippen LogP contribution in [0.2, 0.25) is 0 Å². The summed E-state index contributed by atoms with van der Waals surface area (Å²) in [5.41, 5.74) is 0. The Morgan fingerprint density at radius 2 is 2.00 bits per heavy atom. The van der Waals surface area contributed by atoms with Crippen LogP contribution in [0.1, 0.15) is 27.2 Å². The minimum atomic E-state index is 0.102. The third kappa shape index (κ3) is 10.1. The van der Waals surface area contributed by atoms with Crippen molar-refractivity contribution in [1.29, 1.82) is 0 Å². The molecule has 15 heavy (non-hydrogen) atoms. The molecule has 0 aromatic rings. The van der Waals surface area contributed by atoms with E-state index in [1.165, 1.54) is 5.75 Å². The summed E-state index contributed by atoms with van der Waals surface area (Å²) in [4.78, 5) is 11.0. The van der Waals surface area contributed by atoms with Crippen molar-refractivity contribution in [3.63, 3.8) is 0 Å². The van der Waals surface area contributed by atoms with Crippen LogP contribution in [0.5, 0.6) is 0 Å². The Morgan fingerprint density at radius 3 is 2.53 bits per heavy atom. The van der Waals surface area contributed by atoms with Crippen molar-refractivity contribution in [2.24, 2.45) is 5.92 Å². The van der Waals surface area contributed by atoms with E-state index in [4.69, 9.17) is 0 Å². The van der Waals surface area contributed by atoms with Gasteiger partial charge in [-0.3, -0.25) is 4.79 Å². The highest BCUT2D eigenvalue weighted by atomic mass is 32.2. The lowest BCUT2D eigenvalue weighted by Gasteiger charge is -2.12. The minimum absolute atomic E-state index is 0.102. The van der Waals surface area contributed by atoms with Gasteiger partial charge >= 0.3 is 0 Å². The van der Waals surface area contributed by atoms with Crippen molar-refractivity contribution in [3.05, 3.63) is 0 Å². The van der Waals surface area contributed by atoms with Crippen molar-refractivity contribution < 1.29 is 4.79 Å². The molecule has 0 heterocycles. The van der Waals surface area contributed by atoms with Crippen molar-refractivity contribution in [2.75, 3.05) is 25.1 Å². The first-order chi connectivity index (χ1) is 7.06. The molecule has 0 aliphatic carbocycles. The molecular formula is C11H24N2OS. The molecule has 0 radical (unpaired) electrons. The van der Waals surface area contributed by atoms with E-state index in [0.29, 0.717) is 6.42 Å². The molecule has 0 aromatic carbocycles. The molecule has 0 aromatic heterocycles. The lowest BCUT2D eigenvalue weighted by Crippen LogP contribution is -2.33. The first-order valence-electron chi connectivity index (χ1n) is 5.58. The van der Waals surface area contributed by atoms with Gasteiger partial charge in [0.1, 0.15) is 0 Å². The van der Waals surface area contributed by atoms with Crippen LogP contribution in [0, 0.1) is 5.92 Å². The molecule has 0 aliphatic rings. The Morgan fingerprint density at radius 1 is 1.33 bits per heavy atom. The van der Waals surface area contributed by atoms with Gasteiger partial charge in [-0.05, 0) is 18.6 Å². The molecule has 0 saturated carbocycles. The summed E-state index contributed by atoms with van der Waals surface area (Å²) >= 11 is 1.96. The van der Waals surface area contributed by atoms with Gasteiger partial charge in [-0.25, -0.2) is 0 Å². The van der Waals surface area contributed by atoms with E-state index in [2.05, 4.69) is 24.5 Å². The zero-order valence-corrected chi connectivity index (χ0v) is 11.1. The molecule has 90 valence electrons. The van der Waals surface area contributed by atoms with E-state index in [-0.39, 0.29) is 11.9 Å². The van der Waals surface area contributed by atoms with Gasteiger partial charge in [0, 0.05) is 31.8 Å². The molecule has 0 saturated heterocycles. The van der Waals surface area contributed by atoms with Gasteiger partial charge in [0.05, 0.1) is 0 Å². The maximum absolute atomic E-state index is 11.0. The normalized spacial score (nSPS) is 12.9. The van der Waals surface area contributed by atoms with Crippen molar-refractivity contribution in [3.8, 4) is 0 Å². The Kier molecular flexibility index (Phi) is 8.91. The van der Waals surface area contributed by atoms with Crippen LogP contribution in [-0.4, -0.2) is 37.0 Å². The zero-order chi connectivity index (χ0) is 11.7. The molecule has 0 fully saturated rings. The molecular weight excluding hydrogens is 208 g/mol. The summed E-state index contributed by atoms with van der Waals surface area (Å²) in [6, 6.07) is 0.268. The molecule has 3 nitrogen and oxygen atoms in total. The number of thioether (sulfide) groups is 1. The summed E-state index contributed by atoms with van der Waals surface area (Å²) in [6.07, 6.45) is 0.561. The Balaban J connectivity index is 3.31. The fourth-order valence-corrected chi connectivity index (χ4v) is 2.05. The summed E-state index contributed by atoms with van der Waals surface area (Å²) in [7, 11) is 1.67. The molecule has 1 atom stereocenters. The Hall–Kier alpha value is -0.220. The van der Waals surface area contributed by atoms with Gasteiger partial charge in [-0.2, -0.15) is 11.8 Å². The van der Waals surface area contributed by atoms with Crippen LogP contribution in [0.3, 0.4) is 0 Å². The van der Waals surface area contributed by atoms with Gasteiger partial charge in [-0.15, -0.1) is 0 Å². The first kappa shape index (κ1) is 14.8. The third-order valence-corrected chi connectivity index (χ3v) is 3.36. The fourth-order valence-electron chi connectivity index (χ4n) is 1.15. The second kappa shape index (κ2) is 9.04. The first-order valence-corrected chi connectivity index (χ1v) is 6.73. The van der Waals surface area contributed by atoms with E-state index < -0.39 is 0 Å². The average molecular weight is 232 g/mol. The monoisotopic (exact) mass is 232 g/mol. The van der Waals surface area contributed by atoms with Gasteiger partial charge in [0.25, 0.3) is 0 Å². The maximum atomic E-state index is 11.0. The number of nitrogens with one attached hydrogen (secondary N) is 2. The van der Waals surface area contributed by atoms with E-state index in [9.17, 15) is 4.79 Å². The van der Waals surface area contributed by atoms with Crippen LogP contribution < -0.4 is 10.6 Å². The van der Waals surface area contributed by atoms with Gasteiger partial charge in [-0.1, -0.05) is 13.8 Å². The van der Waals surface area contributed by atoms with E-state index >= 15 is 0 Å². The summed E-state index contributed by atoms with van der Waals surface area (Å²) in [5.74, 6) is 3.20. The van der Waals surface area contributed by atoms with Crippen LogP contribution in [0.4, 0.5) is 0 Å². The summed E-state index contributed by atoms with van der Waals surface area (Å²) < 4.78 is 0. The lowest BCUT2D eigenvalue weighted by molar-refractivity contribution is -0.121. The van der Waals surface area contributed by atoms with Gasteiger partial charge in [0.2, 0.25) is 5.91 Å². The lowest BCUT2D eigenvalue weighted by atomic mass is 10.2. The van der Waals surface area contributed by atoms with E-state index in [0.717, 1.165) is 18.2 Å². The third-order valence-electron chi connectivity index (χ3n) is 1.96. The molecule has 0 spiro atoms. The fraction of sp³-hybridized carbons (Fsp3) is 0.909. The largest absolute Gasteiger partial charge is 0.359 e. The highest BCUT2D eigenvalue weighted by Gasteiger charge is 2.05. The van der Waals surface area contributed by atoms with Gasteiger partial charge in [0.15, 0.2) is 0 Å². The van der Waals surface area contributed by atoms with Crippen molar-refractivity contribution in [2.45, 2.75) is 33.2 Å². The SMILES string of the molecule is CNC(=O)CC(C)NCCSCC(C)C. The molecule has 1 amide bonds. The minimum Gasteiger partial charge on any atom is -0.359 e. The van der Waals surface area contributed by atoms with E-state index in [1.807, 2.05) is 18.7 Å². The zero-order valence-electron chi connectivity index (χ0n) is 10.3.